The standard InChI is InChI=1S/C17H19ClN2/c18-17-7-2-1-6-16(17)13-11-15(12-13)20-10-8-14-5-3-4-9-19-14/h1-7,9,13,15,20H,8,10-12H2. The lowest BCUT2D eigenvalue weighted by Gasteiger charge is -2.36. The first-order chi connectivity index (χ1) is 9.83. The fourth-order valence-electron chi connectivity index (χ4n) is 2.80. The van der Waals surface area contributed by atoms with Gasteiger partial charge in [0.25, 0.3) is 0 Å². The molecule has 1 fully saturated rings. The third kappa shape index (κ3) is 3.20. The molecule has 0 atom stereocenters. The van der Waals surface area contributed by atoms with E-state index < -0.39 is 0 Å². The van der Waals surface area contributed by atoms with Gasteiger partial charge in [0.2, 0.25) is 0 Å². The Kier molecular flexibility index (Phi) is 4.34. The van der Waals surface area contributed by atoms with Gasteiger partial charge in [0.15, 0.2) is 0 Å². The Morgan fingerprint density at radius 3 is 2.65 bits per heavy atom. The minimum absolute atomic E-state index is 0.621. The Hall–Kier alpha value is -1.38. The number of benzene rings is 1. The lowest BCUT2D eigenvalue weighted by molar-refractivity contribution is 0.292. The zero-order valence-electron chi connectivity index (χ0n) is 11.4. The van der Waals surface area contributed by atoms with Crippen molar-refractivity contribution in [3.8, 4) is 0 Å². The van der Waals surface area contributed by atoms with E-state index in [0.717, 1.165) is 23.7 Å². The van der Waals surface area contributed by atoms with E-state index in [-0.39, 0.29) is 0 Å². The van der Waals surface area contributed by atoms with Crippen LogP contribution in [0.4, 0.5) is 0 Å². The van der Waals surface area contributed by atoms with Gasteiger partial charge < -0.3 is 5.32 Å². The van der Waals surface area contributed by atoms with Crippen LogP contribution in [0.1, 0.15) is 30.0 Å². The van der Waals surface area contributed by atoms with Gasteiger partial charge in [-0.15, -0.1) is 0 Å². The van der Waals surface area contributed by atoms with Crippen molar-refractivity contribution in [1.82, 2.24) is 10.3 Å². The Bertz CT molecular complexity index is 550. The molecule has 3 heteroatoms. The smallest absolute Gasteiger partial charge is 0.0440 e. The molecule has 1 heterocycles. The van der Waals surface area contributed by atoms with Crippen LogP contribution in [-0.4, -0.2) is 17.6 Å². The van der Waals surface area contributed by atoms with E-state index in [0.29, 0.717) is 12.0 Å². The fourth-order valence-corrected chi connectivity index (χ4v) is 3.09. The number of hydrogen-bond acceptors (Lipinski definition) is 2. The summed E-state index contributed by atoms with van der Waals surface area (Å²) in [5, 5.41) is 4.51. The summed E-state index contributed by atoms with van der Waals surface area (Å²) in [6, 6.07) is 14.9. The Balaban J connectivity index is 1.42. The molecule has 0 spiro atoms. The van der Waals surface area contributed by atoms with E-state index in [1.165, 1.54) is 18.4 Å². The summed E-state index contributed by atoms with van der Waals surface area (Å²) in [7, 11) is 0. The molecule has 104 valence electrons. The summed E-state index contributed by atoms with van der Waals surface area (Å²) in [6.45, 7) is 0.997. The molecule has 2 aromatic rings. The van der Waals surface area contributed by atoms with Crippen LogP contribution in [0.2, 0.25) is 5.02 Å². The summed E-state index contributed by atoms with van der Waals surface area (Å²) in [5.41, 5.74) is 2.46. The number of nitrogens with one attached hydrogen (secondary N) is 1. The molecular weight excluding hydrogens is 268 g/mol. The van der Waals surface area contributed by atoms with Crippen LogP contribution in [0.3, 0.4) is 0 Å². The number of rotatable bonds is 5. The summed E-state index contributed by atoms with van der Waals surface area (Å²) in [5.74, 6) is 0.621. The highest BCUT2D eigenvalue weighted by atomic mass is 35.5. The van der Waals surface area contributed by atoms with Crippen LogP contribution in [0, 0.1) is 0 Å². The van der Waals surface area contributed by atoms with Crippen LogP contribution in [0.5, 0.6) is 0 Å². The summed E-state index contributed by atoms with van der Waals surface area (Å²) >= 11 is 6.24. The van der Waals surface area contributed by atoms with Crippen molar-refractivity contribution in [1.29, 1.82) is 0 Å². The molecule has 0 saturated heterocycles. The number of nitrogens with zero attached hydrogens (tertiary/aromatic N) is 1. The van der Waals surface area contributed by atoms with E-state index in [9.17, 15) is 0 Å². The first-order valence-corrected chi connectivity index (χ1v) is 7.58. The summed E-state index contributed by atoms with van der Waals surface area (Å²) in [6.07, 6.45) is 5.22. The highest BCUT2D eigenvalue weighted by molar-refractivity contribution is 6.31. The third-order valence-corrected chi connectivity index (χ3v) is 4.37. The topological polar surface area (TPSA) is 24.9 Å². The largest absolute Gasteiger partial charge is 0.314 e. The molecule has 20 heavy (non-hydrogen) atoms. The van der Waals surface area contributed by atoms with E-state index in [1.54, 1.807) is 0 Å². The molecule has 1 aliphatic rings. The minimum Gasteiger partial charge on any atom is -0.314 e. The number of pyridine rings is 1. The average Bonchev–Trinajstić information content (AvgIpc) is 2.44. The van der Waals surface area contributed by atoms with Crippen molar-refractivity contribution in [2.45, 2.75) is 31.2 Å². The predicted molar refractivity (Wildman–Crippen MR) is 83.2 cm³/mol. The molecule has 1 aromatic heterocycles. The number of halogens is 1. The monoisotopic (exact) mass is 286 g/mol. The molecule has 1 saturated carbocycles. The quantitative estimate of drug-likeness (QED) is 0.904. The van der Waals surface area contributed by atoms with Crippen molar-refractivity contribution in [3.63, 3.8) is 0 Å². The number of hydrogen-bond donors (Lipinski definition) is 1. The minimum atomic E-state index is 0.621. The normalized spacial score (nSPS) is 21.4. The predicted octanol–water partition coefficient (Wildman–Crippen LogP) is 3.81. The molecule has 3 rings (SSSR count). The molecule has 1 aliphatic carbocycles. The Labute approximate surface area is 125 Å². The van der Waals surface area contributed by atoms with Gasteiger partial charge in [-0.05, 0) is 42.5 Å². The Morgan fingerprint density at radius 2 is 1.90 bits per heavy atom. The van der Waals surface area contributed by atoms with Gasteiger partial charge >= 0.3 is 0 Å². The maximum absolute atomic E-state index is 6.24. The van der Waals surface area contributed by atoms with Gasteiger partial charge in [-0.25, -0.2) is 0 Å². The highest BCUT2D eigenvalue weighted by Gasteiger charge is 2.30. The summed E-state index contributed by atoms with van der Waals surface area (Å²) < 4.78 is 0. The van der Waals surface area contributed by atoms with Gasteiger partial charge in [0.1, 0.15) is 0 Å². The second-order valence-electron chi connectivity index (χ2n) is 5.41. The van der Waals surface area contributed by atoms with Crippen molar-refractivity contribution in [2.75, 3.05) is 6.54 Å². The number of aromatic nitrogens is 1. The van der Waals surface area contributed by atoms with Gasteiger partial charge in [-0.2, -0.15) is 0 Å². The van der Waals surface area contributed by atoms with Crippen molar-refractivity contribution in [2.24, 2.45) is 0 Å². The SMILES string of the molecule is Clc1ccccc1C1CC(NCCc2ccccn2)C1. The van der Waals surface area contributed by atoms with Gasteiger partial charge in [-0.1, -0.05) is 35.9 Å². The molecule has 0 aliphatic heterocycles. The highest BCUT2D eigenvalue weighted by Crippen LogP contribution is 2.39. The third-order valence-electron chi connectivity index (χ3n) is 4.02. The average molecular weight is 287 g/mol. The summed E-state index contributed by atoms with van der Waals surface area (Å²) in [4.78, 5) is 4.34. The van der Waals surface area contributed by atoms with Crippen LogP contribution in [0.15, 0.2) is 48.7 Å². The fraction of sp³-hybridized carbons (Fsp3) is 0.353. The van der Waals surface area contributed by atoms with Crippen LogP contribution in [-0.2, 0) is 6.42 Å². The second kappa shape index (κ2) is 6.38. The second-order valence-corrected chi connectivity index (χ2v) is 5.82. The zero-order valence-corrected chi connectivity index (χ0v) is 12.2. The molecular formula is C17H19ClN2. The van der Waals surface area contributed by atoms with E-state index in [2.05, 4.69) is 28.5 Å². The van der Waals surface area contributed by atoms with Crippen molar-refractivity contribution >= 4 is 11.6 Å². The van der Waals surface area contributed by atoms with Crippen LogP contribution in [0.25, 0.3) is 0 Å². The van der Waals surface area contributed by atoms with Crippen LogP contribution >= 0.6 is 11.6 Å². The molecule has 1 N–H and O–H groups in total. The molecule has 0 unspecified atom stereocenters. The van der Waals surface area contributed by atoms with Crippen LogP contribution < -0.4 is 5.32 Å². The lowest BCUT2D eigenvalue weighted by atomic mass is 9.76. The molecule has 0 bridgehead atoms. The first kappa shape index (κ1) is 13.6. The van der Waals surface area contributed by atoms with Crippen molar-refractivity contribution in [3.05, 3.63) is 64.9 Å². The van der Waals surface area contributed by atoms with Crippen molar-refractivity contribution < 1.29 is 0 Å². The maximum atomic E-state index is 6.24. The maximum Gasteiger partial charge on any atom is 0.0440 e. The molecule has 0 radical (unpaired) electrons. The van der Waals surface area contributed by atoms with E-state index in [1.807, 2.05) is 30.5 Å². The van der Waals surface area contributed by atoms with E-state index >= 15 is 0 Å². The molecule has 0 amide bonds. The van der Waals surface area contributed by atoms with E-state index in [4.69, 9.17) is 11.6 Å². The Morgan fingerprint density at radius 1 is 1.10 bits per heavy atom. The lowest BCUT2D eigenvalue weighted by Crippen LogP contribution is -2.41. The first-order valence-electron chi connectivity index (χ1n) is 7.20. The van der Waals surface area contributed by atoms with Gasteiger partial charge in [-0.3, -0.25) is 4.98 Å². The van der Waals surface area contributed by atoms with Gasteiger partial charge in [0.05, 0.1) is 0 Å². The zero-order chi connectivity index (χ0) is 13.8. The molecule has 2 nitrogen and oxygen atoms in total. The molecule has 1 aromatic carbocycles. The van der Waals surface area contributed by atoms with Gasteiger partial charge in [0, 0.05) is 35.9 Å².